The van der Waals surface area contributed by atoms with Crippen LogP contribution in [0.3, 0.4) is 0 Å². The van der Waals surface area contributed by atoms with E-state index in [1.54, 1.807) is 7.11 Å². The quantitative estimate of drug-likeness (QED) is 0.738. The standard InChI is InChI=1S/C12H24N2O2.ClH/c1-14(11-6-4-3-5-7-11)12(15)10-13-8-9-16-2;/h11,13H,3-10H2,1-2H3;1H. The summed E-state index contributed by atoms with van der Waals surface area (Å²) in [4.78, 5) is 13.7. The maximum absolute atomic E-state index is 11.8. The van der Waals surface area contributed by atoms with Gasteiger partial charge in [0.05, 0.1) is 13.2 Å². The normalized spacial score (nSPS) is 16.4. The number of likely N-dealkylation sites (N-methyl/N-ethyl adjacent to an activating group) is 1. The van der Waals surface area contributed by atoms with Crippen molar-refractivity contribution >= 4 is 18.3 Å². The molecule has 5 heteroatoms. The molecule has 1 saturated carbocycles. The zero-order valence-electron chi connectivity index (χ0n) is 10.9. The number of methoxy groups -OCH3 is 1. The molecule has 1 N–H and O–H groups in total. The first-order valence-electron chi connectivity index (χ1n) is 6.21. The molecule has 0 aromatic rings. The zero-order chi connectivity index (χ0) is 11.8. The van der Waals surface area contributed by atoms with E-state index in [9.17, 15) is 4.79 Å². The molecule has 17 heavy (non-hydrogen) atoms. The molecular formula is C12H25ClN2O2. The molecule has 4 nitrogen and oxygen atoms in total. The van der Waals surface area contributed by atoms with Gasteiger partial charge in [-0.1, -0.05) is 19.3 Å². The molecule has 0 aromatic heterocycles. The summed E-state index contributed by atoms with van der Waals surface area (Å²) in [7, 11) is 3.59. The summed E-state index contributed by atoms with van der Waals surface area (Å²) in [5.74, 6) is 0.197. The largest absolute Gasteiger partial charge is 0.383 e. The molecule has 0 atom stereocenters. The van der Waals surface area contributed by atoms with E-state index < -0.39 is 0 Å². The number of nitrogens with zero attached hydrogens (tertiary/aromatic N) is 1. The van der Waals surface area contributed by atoms with Crippen molar-refractivity contribution in [3.05, 3.63) is 0 Å². The minimum atomic E-state index is 0. The predicted octanol–water partition coefficient (Wildman–Crippen LogP) is 1.44. The van der Waals surface area contributed by atoms with Crippen molar-refractivity contribution in [3.63, 3.8) is 0 Å². The summed E-state index contributed by atoms with van der Waals surface area (Å²) in [5, 5.41) is 3.09. The van der Waals surface area contributed by atoms with Gasteiger partial charge in [-0.3, -0.25) is 4.79 Å². The van der Waals surface area contributed by atoms with Crippen LogP contribution in [0.15, 0.2) is 0 Å². The predicted molar refractivity (Wildman–Crippen MR) is 71.6 cm³/mol. The molecular weight excluding hydrogens is 240 g/mol. The molecule has 0 spiro atoms. The summed E-state index contributed by atoms with van der Waals surface area (Å²) in [6, 6.07) is 0.463. The van der Waals surface area contributed by atoms with Crippen molar-refractivity contribution in [1.29, 1.82) is 0 Å². The van der Waals surface area contributed by atoms with Gasteiger partial charge >= 0.3 is 0 Å². The second kappa shape index (κ2) is 9.68. The van der Waals surface area contributed by atoms with Gasteiger partial charge in [0, 0.05) is 26.7 Å². The first-order valence-corrected chi connectivity index (χ1v) is 6.21. The van der Waals surface area contributed by atoms with Crippen LogP contribution in [0.1, 0.15) is 32.1 Å². The van der Waals surface area contributed by atoms with Gasteiger partial charge in [0.25, 0.3) is 0 Å². The van der Waals surface area contributed by atoms with Crippen molar-refractivity contribution in [3.8, 4) is 0 Å². The van der Waals surface area contributed by atoms with E-state index in [0.717, 1.165) is 6.54 Å². The second-order valence-electron chi connectivity index (χ2n) is 4.47. The van der Waals surface area contributed by atoms with Crippen molar-refractivity contribution < 1.29 is 9.53 Å². The van der Waals surface area contributed by atoms with Crippen LogP contribution in [-0.4, -0.2) is 50.7 Å². The smallest absolute Gasteiger partial charge is 0.236 e. The first kappa shape index (κ1) is 16.7. The Kier molecular flexibility index (Phi) is 9.50. The molecule has 0 saturated heterocycles. The van der Waals surface area contributed by atoms with Crippen LogP contribution < -0.4 is 5.32 Å². The van der Waals surface area contributed by atoms with Gasteiger partial charge < -0.3 is 15.0 Å². The lowest BCUT2D eigenvalue weighted by atomic mass is 9.94. The van der Waals surface area contributed by atoms with Gasteiger partial charge in [0.2, 0.25) is 5.91 Å². The highest BCUT2D eigenvalue weighted by Crippen LogP contribution is 2.21. The number of carbonyl (C=O) groups excluding carboxylic acids is 1. The maximum atomic E-state index is 11.8. The molecule has 0 heterocycles. The van der Waals surface area contributed by atoms with E-state index in [4.69, 9.17) is 4.74 Å². The molecule has 1 fully saturated rings. The number of nitrogens with one attached hydrogen (secondary N) is 1. The van der Waals surface area contributed by atoms with Crippen LogP contribution in [0.2, 0.25) is 0 Å². The fraction of sp³-hybridized carbons (Fsp3) is 0.917. The minimum Gasteiger partial charge on any atom is -0.383 e. The Morgan fingerprint density at radius 3 is 2.59 bits per heavy atom. The maximum Gasteiger partial charge on any atom is 0.236 e. The van der Waals surface area contributed by atoms with E-state index in [1.165, 1.54) is 32.1 Å². The van der Waals surface area contributed by atoms with Gasteiger partial charge in [-0.25, -0.2) is 0 Å². The van der Waals surface area contributed by atoms with Crippen LogP contribution >= 0.6 is 12.4 Å². The highest BCUT2D eigenvalue weighted by atomic mass is 35.5. The van der Waals surface area contributed by atoms with E-state index in [2.05, 4.69) is 5.32 Å². The Bertz CT molecular complexity index is 209. The Hall–Kier alpha value is -0.320. The number of halogens is 1. The summed E-state index contributed by atoms with van der Waals surface area (Å²) >= 11 is 0. The average molecular weight is 265 g/mol. The topological polar surface area (TPSA) is 41.6 Å². The fourth-order valence-corrected chi connectivity index (χ4v) is 2.17. The third kappa shape index (κ3) is 6.24. The molecule has 0 unspecified atom stereocenters. The minimum absolute atomic E-state index is 0. The monoisotopic (exact) mass is 264 g/mol. The molecule has 0 aliphatic heterocycles. The van der Waals surface area contributed by atoms with Gasteiger partial charge in [-0.05, 0) is 12.8 Å². The lowest BCUT2D eigenvalue weighted by Gasteiger charge is -2.31. The Morgan fingerprint density at radius 1 is 1.35 bits per heavy atom. The molecule has 102 valence electrons. The number of carbonyl (C=O) groups is 1. The molecule has 0 aromatic carbocycles. The third-order valence-corrected chi connectivity index (χ3v) is 3.27. The molecule has 1 amide bonds. The van der Waals surface area contributed by atoms with Gasteiger partial charge in [-0.15, -0.1) is 12.4 Å². The van der Waals surface area contributed by atoms with Gasteiger partial charge in [0.1, 0.15) is 0 Å². The fourth-order valence-electron chi connectivity index (χ4n) is 2.17. The van der Waals surface area contributed by atoms with Crippen molar-refractivity contribution in [2.45, 2.75) is 38.1 Å². The second-order valence-corrected chi connectivity index (χ2v) is 4.47. The SMILES string of the molecule is COCCNCC(=O)N(C)C1CCCCC1.Cl. The molecule has 1 aliphatic carbocycles. The van der Waals surface area contributed by atoms with Crippen LogP contribution in [0, 0.1) is 0 Å². The van der Waals surface area contributed by atoms with Crippen LogP contribution in [0.4, 0.5) is 0 Å². The van der Waals surface area contributed by atoms with Crippen LogP contribution in [0.25, 0.3) is 0 Å². The molecule has 0 bridgehead atoms. The molecule has 1 aliphatic rings. The van der Waals surface area contributed by atoms with E-state index >= 15 is 0 Å². The van der Waals surface area contributed by atoms with Crippen molar-refractivity contribution in [2.75, 3.05) is 33.9 Å². The van der Waals surface area contributed by atoms with E-state index in [-0.39, 0.29) is 18.3 Å². The summed E-state index contributed by atoms with van der Waals surface area (Å²) in [6.07, 6.45) is 6.18. The van der Waals surface area contributed by atoms with Gasteiger partial charge in [0.15, 0.2) is 0 Å². The van der Waals surface area contributed by atoms with Crippen LogP contribution in [0.5, 0.6) is 0 Å². The summed E-state index contributed by atoms with van der Waals surface area (Å²) in [6.45, 7) is 1.82. The molecule has 0 radical (unpaired) electrons. The number of hydrogen-bond donors (Lipinski definition) is 1. The van der Waals surface area contributed by atoms with Crippen molar-refractivity contribution in [1.82, 2.24) is 10.2 Å². The lowest BCUT2D eigenvalue weighted by Crippen LogP contribution is -2.43. The highest BCUT2D eigenvalue weighted by Gasteiger charge is 2.21. The number of ether oxygens (including phenoxy) is 1. The Morgan fingerprint density at radius 2 is 2.00 bits per heavy atom. The number of hydrogen-bond acceptors (Lipinski definition) is 3. The molecule has 1 rings (SSSR count). The summed E-state index contributed by atoms with van der Waals surface area (Å²) in [5.41, 5.74) is 0. The van der Waals surface area contributed by atoms with Crippen molar-refractivity contribution in [2.24, 2.45) is 0 Å². The lowest BCUT2D eigenvalue weighted by molar-refractivity contribution is -0.131. The average Bonchev–Trinajstić information content (AvgIpc) is 2.34. The third-order valence-electron chi connectivity index (χ3n) is 3.27. The Balaban J connectivity index is 0.00000256. The number of rotatable bonds is 6. The highest BCUT2D eigenvalue weighted by molar-refractivity contribution is 5.85. The van der Waals surface area contributed by atoms with Crippen LogP contribution in [-0.2, 0) is 9.53 Å². The summed E-state index contributed by atoms with van der Waals surface area (Å²) < 4.78 is 4.91. The first-order chi connectivity index (χ1) is 7.75. The number of amides is 1. The van der Waals surface area contributed by atoms with E-state index in [1.807, 2.05) is 11.9 Å². The zero-order valence-corrected chi connectivity index (χ0v) is 11.7. The Labute approximate surface area is 110 Å². The van der Waals surface area contributed by atoms with Gasteiger partial charge in [-0.2, -0.15) is 0 Å². The van der Waals surface area contributed by atoms with E-state index in [0.29, 0.717) is 19.2 Å².